The van der Waals surface area contributed by atoms with Crippen molar-refractivity contribution in [2.75, 3.05) is 19.6 Å². The zero-order valence-corrected chi connectivity index (χ0v) is 14.2. The molecule has 1 heterocycles. The number of hydrogen-bond donors (Lipinski definition) is 1. The maximum atomic E-state index is 5.94. The monoisotopic (exact) mass is 292 g/mol. The molecule has 21 heavy (non-hydrogen) atoms. The Kier molecular flexibility index (Phi) is 6.31. The Morgan fingerprint density at radius 2 is 2.05 bits per heavy atom. The molecule has 3 nitrogen and oxygen atoms in total. The Morgan fingerprint density at radius 3 is 2.67 bits per heavy atom. The molecule has 0 spiro atoms. The minimum absolute atomic E-state index is 0.550. The van der Waals surface area contributed by atoms with Crippen LogP contribution in [-0.2, 0) is 6.54 Å². The van der Waals surface area contributed by atoms with Gasteiger partial charge in [0.25, 0.3) is 0 Å². The molecule has 0 bridgehead atoms. The lowest BCUT2D eigenvalue weighted by Crippen LogP contribution is -2.28. The van der Waals surface area contributed by atoms with Crippen molar-refractivity contribution < 1.29 is 4.42 Å². The highest BCUT2D eigenvalue weighted by Crippen LogP contribution is 2.47. The molecule has 1 aliphatic rings. The summed E-state index contributed by atoms with van der Waals surface area (Å²) in [6, 6.07) is 4.85. The number of furan rings is 1. The molecule has 3 atom stereocenters. The number of hydrogen-bond acceptors (Lipinski definition) is 3. The van der Waals surface area contributed by atoms with Gasteiger partial charge in [-0.25, -0.2) is 0 Å². The number of nitrogens with zero attached hydrogens (tertiary/aromatic N) is 1. The van der Waals surface area contributed by atoms with Gasteiger partial charge in [-0.3, -0.25) is 0 Å². The van der Waals surface area contributed by atoms with Crippen LogP contribution in [0, 0.1) is 5.92 Å². The number of rotatable bonds is 10. The summed E-state index contributed by atoms with van der Waals surface area (Å²) < 4.78 is 5.94. The standard InChI is InChI=1S/C18H32N2O/c1-5-20(6-2)11-7-8-15(4)19-13-16-9-10-18(21-16)17-12-14(17)3/h9-10,14-15,17,19H,5-8,11-13H2,1-4H3. The highest BCUT2D eigenvalue weighted by Gasteiger charge is 2.36. The average molecular weight is 292 g/mol. The Balaban J connectivity index is 1.62. The molecular formula is C18H32N2O. The smallest absolute Gasteiger partial charge is 0.117 e. The van der Waals surface area contributed by atoms with E-state index in [1.165, 1.54) is 31.6 Å². The van der Waals surface area contributed by atoms with Gasteiger partial charge in [-0.2, -0.15) is 0 Å². The lowest BCUT2D eigenvalue weighted by molar-refractivity contribution is 0.289. The molecule has 1 aromatic rings. The summed E-state index contributed by atoms with van der Waals surface area (Å²) in [5.41, 5.74) is 0. The Labute approximate surface area is 130 Å². The molecule has 0 saturated heterocycles. The molecule has 3 unspecified atom stereocenters. The molecule has 1 fully saturated rings. The highest BCUT2D eigenvalue weighted by molar-refractivity contribution is 5.17. The zero-order chi connectivity index (χ0) is 15.2. The molecule has 1 N–H and O–H groups in total. The van der Waals surface area contributed by atoms with Crippen LogP contribution in [0.1, 0.15) is 64.4 Å². The van der Waals surface area contributed by atoms with Crippen LogP contribution < -0.4 is 5.32 Å². The van der Waals surface area contributed by atoms with Crippen molar-refractivity contribution in [3.63, 3.8) is 0 Å². The van der Waals surface area contributed by atoms with Crippen molar-refractivity contribution >= 4 is 0 Å². The van der Waals surface area contributed by atoms with Gasteiger partial charge in [-0.05, 0) is 63.9 Å². The average Bonchev–Trinajstić information content (AvgIpc) is 3.03. The molecule has 2 rings (SSSR count). The first-order chi connectivity index (χ1) is 10.1. The fraction of sp³-hybridized carbons (Fsp3) is 0.778. The number of nitrogens with one attached hydrogen (secondary N) is 1. The largest absolute Gasteiger partial charge is 0.464 e. The molecule has 0 aromatic carbocycles. The van der Waals surface area contributed by atoms with E-state index in [0.29, 0.717) is 12.0 Å². The summed E-state index contributed by atoms with van der Waals surface area (Å²) in [5.74, 6) is 3.77. The fourth-order valence-corrected chi connectivity index (χ4v) is 2.95. The van der Waals surface area contributed by atoms with Crippen LogP contribution in [0.2, 0.25) is 0 Å². The van der Waals surface area contributed by atoms with Gasteiger partial charge in [0.1, 0.15) is 11.5 Å². The molecule has 3 heteroatoms. The first kappa shape index (κ1) is 16.6. The minimum atomic E-state index is 0.550. The van der Waals surface area contributed by atoms with Gasteiger partial charge in [0.15, 0.2) is 0 Å². The molecule has 0 aliphatic heterocycles. The first-order valence-corrected chi connectivity index (χ1v) is 8.68. The third-order valence-corrected chi connectivity index (χ3v) is 4.79. The van der Waals surface area contributed by atoms with E-state index in [2.05, 4.69) is 50.0 Å². The summed E-state index contributed by atoms with van der Waals surface area (Å²) >= 11 is 0. The minimum Gasteiger partial charge on any atom is -0.464 e. The van der Waals surface area contributed by atoms with Crippen LogP contribution in [0.5, 0.6) is 0 Å². The van der Waals surface area contributed by atoms with E-state index in [1.54, 1.807) is 0 Å². The van der Waals surface area contributed by atoms with Crippen molar-refractivity contribution in [1.82, 2.24) is 10.2 Å². The molecule has 1 aromatic heterocycles. The van der Waals surface area contributed by atoms with Crippen molar-refractivity contribution in [3.8, 4) is 0 Å². The van der Waals surface area contributed by atoms with E-state index in [0.717, 1.165) is 31.3 Å². The molecular weight excluding hydrogens is 260 g/mol. The Morgan fingerprint density at radius 1 is 1.33 bits per heavy atom. The lowest BCUT2D eigenvalue weighted by atomic mass is 10.1. The maximum Gasteiger partial charge on any atom is 0.117 e. The highest BCUT2D eigenvalue weighted by atomic mass is 16.3. The quantitative estimate of drug-likeness (QED) is 0.706. The SMILES string of the molecule is CCN(CC)CCCC(C)NCc1ccc(C2CC2C)o1. The summed E-state index contributed by atoms with van der Waals surface area (Å²) in [4.78, 5) is 2.49. The van der Waals surface area contributed by atoms with E-state index >= 15 is 0 Å². The van der Waals surface area contributed by atoms with E-state index in [4.69, 9.17) is 4.42 Å². The molecule has 0 amide bonds. The van der Waals surface area contributed by atoms with Crippen LogP contribution in [0.3, 0.4) is 0 Å². The summed E-state index contributed by atoms with van der Waals surface area (Å²) in [6.07, 6.45) is 3.78. The van der Waals surface area contributed by atoms with E-state index in [-0.39, 0.29) is 0 Å². The van der Waals surface area contributed by atoms with Crippen LogP contribution in [0.4, 0.5) is 0 Å². The van der Waals surface area contributed by atoms with Crippen molar-refractivity contribution in [3.05, 3.63) is 23.7 Å². The molecule has 1 saturated carbocycles. The molecule has 0 radical (unpaired) electrons. The van der Waals surface area contributed by atoms with Gasteiger partial charge >= 0.3 is 0 Å². The predicted molar refractivity (Wildman–Crippen MR) is 88.6 cm³/mol. The van der Waals surface area contributed by atoms with Crippen molar-refractivity contribution in [2.24, 2.45) is 5.92 Å². The van der Waals surface area contributed by atoms with Crippen LogP contribution in [0.25, 0.3) is 0 Å². The van der Waals surface area contributed by atoms with Gasteiger partial charge < -0.3 is 14.6 Å². The fourth-order valence-electron chi connectivity index (χ4n) is 2.95. The maximum absolute atomic E-state index is 5.94. The topological polar surface area (TPSA) is 28.4 Å². The van der Waals surface area contributed by atoms with Crippen molar-refractivity contribution in [2.45, 2.75) is 65.5 Å². The molecule has 1 aliphatic carbocycles. The lowest BCUT2D eigenvalue weighted by Gasteiger charge is -2.19. The second-order valence-corrected chi connectivity index (χ2v) is 6.57. The first-order valence-electron chi connectivity index (χ1n) is 8.68. The second-order valence-electron chi connectivity index (χ2n) is 6.57. The Hall–Kier alpha value is -0.800. The van der Waals surface area contributed by atoms with Crippen LogP contribution in [-0.4, -0.2) is 30.6 Å². The zero-order valence-electron chi connectivity index (χ0n) is 14.2. The normalized spacial score (nSPS) is 22.7. The van der Waals surface area contributed by atoms with Crippen LogP contribution >= 0.6 is 0 Å². The summed E-state index contributed by atoms with van der Waals surface area (Å²) in [5, 5.41) is 3.58. The third kappa shape index (κ3) is 5.15. The predicted octanol–water partition coefficient (Wildman–Crippen LogP) is 4.00. The molecule has 120 valence electrons. The van der Waals surface area contributed by atoms with E-state index < -0.39 is 0 Å². The van der Waals surface area contributed by atoms with E-state index in [1.807, 2.05) is 0 Å². The Bertz CT molecular complexity index is 411. The van der Waals surface area contributed by atoms with Gasteiger partial charge in [0, 0.05) is 12.0 Å². The third-order valence-electron chi connectivity index (χ3n) is 4.79. The van der Waals surface area contributed by atoms with E-state index in [9.17, 15) is 0 Å². The second kappa shape index (κ2) is 8.00. The summed E-state index contributed by atoms with van der Waals surface area (Å²) in [6.45, 7) is 13.4. The van der Waals surface area contributed by atoms with Gasteiger partial charge in [-0.15, -0.1) is 0 Å². The van der Waals surface area contributed by atoms with Gasteiger partial charge in [-0.1, -0.05) is 20.8 Å². The van der Waals surface area contributed by atoms with Gasteiger partial charge in [0.05, 0.1) is 6.54 Å². The summed E-state index contributed by atoms with van der Waals surface area (Å²) in [7, 11) is 0. The van der Waals surface area contributed by atoms with Crippen molar-refractivity contribution in [1.29, 1.82) is 0 Å². The van der Waals surface area contributed by atoms with Gasteiger partial charge in [0.2, 0.25) is 0 Å². The van der Waals surface area contributed by atoms with Crippen LogP contribution in [0.15, 0.2) is 16.5 Å².